The average molecular weight is 435 g/mol. The molecule has 2 aliphatic rings. The molecule has 0 saturated carbocycles. The monoisotopic (exact) mass is 434 g/mol. The first kappa shape index (κ1) is 20.9. The van der Waals surface area contributed by atoms with Crippen molar-refractivity contribution in [2.24, 2.45) is 0 Å². The van der Waals surface area contributed by atoms with E-state index in [1.807, 2.05) is 0 Å². The van der Waals surface area contributed by atoms with E-state index in [1.54, 1.807) is 30.9 Å². The number of rotatable bonds is 3. The van der Waals surface area contributed by atoms with Crippen molar-refractivity contribution in [3.8, 4) is 5.75 Å². The first-order valence-corrected chi connectivity index (χ1v) is 12.0. The number of phenolic OH excluding ortho intramolecular Hbond substituents is 1. The number of benzene rings is 1. The molecular formula is C21H26N2O6S. The van der Waals surface area contributed by atoms with Crippen LogP contribution in [0.4, 0.5) is 0 Å². The number of sulfone groups is 1. The molecule has 0 bridgehead atoms. The van der Waals surface area contributed by atoms with Crippen LogP contribution in [0.3, 0.4) is 0 Å². The molecule has 30 heavy (non-hydrogen) atoms. The molecule has 0 aliphatic carbocycles. The quantitative estimate of drug-likeness (QED) is 0.718. The highest BCUT2D eigenvalue weighted by Gasteiger charge is 2.34. The molecule has 2 aromatic rings. The van der Waals surface area contributed by atoms with Crippen molar-refractivity contribution in [3.05, 3.63) is 39.2 Å². The Morgan fingerprint density at radius 1 is 1.17 bits per heavy atom. The Morgan fingerprint density at radius 2 is 1.87 bits per heavy atom. The largest absolute Gasteiger partial charge is 0.508 e. The van der Waals surface area contributed by atoms with Crippen molar-refractivity contribution in [2.45, 2.75) is 32.7 Å². The van der Waals surface area contributed by atoms with Crippen LogP contribution in [0.5, 0.6) is 5.75 Å². The zero-order valence-corrected chi connectivity index (χ0v) is 18.0. The molecule has 8 nitrogen and oxygen atoms in total. The number of fused-ring (bicyclic) bond motifs is 1. The molecule has 1 aromatic heterocycles. The second-order valence-electron chi connectivity index (χ2n) is 8.23. The van der Waals surface area contributed by atoms with Gasteiger partial charge < -0.3 is 14.4 Å². The zero-order valence-electron chi connectivity index (χ0n) is 17.2. The molecule has 1 N–H and O–H groups in total. The number of phenols is 1. The van der Waals surface area contributed by atoms with Crippen molar-refractivity contribution in [3.63, 3.8) is 0 Å². The number of aryl methyl sites for hydroxylation is 2. The summed E-state index contributed by atoms with van der Waals surface area (Å²) in [5, 5.41) is 10.6. The summed E-state index contributed by atoms with van der Waals surface area (Å²) in [4.78, 5) is 29.3. The summed E-state index contributed by atoms with van der Waals surface area (Å²) < 4.78 is 28.9. The summed E-state index contributed by atoms with van der Waals surface area (Å²) in [6, 6.07) is 3.29. The van der Waals surface area contributed by atoms with Gasteiger partial charge in [0.15, 0.2) is 9.84 Å². The Labute approximate surface area is 175 Å². The van der Waals surface area contributed by atoms with Crippen molar-refractivity contribution < 1.29 is 22.7 Å². The van der Waals surface area contributed by atoms with Gasteiger partial charge in [-0.15, -0.1) is 0 Å². The molecule has 2 aliphatic heterocycles. The van der Waals surface area contributed by atoms with Gasteiger partial charge in [-0.25, -0.2) is 13.2 Å². The van der Waals surface area contributed by atoms with Crippen molar-refractivity contribution >= 4 is 26.7 Å². The SMILES string of the molecule is Cc1c(CC(=O)N2CCN([C@H]3CCS(=O)(=O)C3)CC2)c(=O)oc2c(C)c(O)ccc12. The number of hydrogen-bond acceptors (Lipinski definition) is 7. The van der Waals surface area contributed by atoms with Crippen LogP contribution in [0.1, 0.15) is 23.1 Å². The van der Waals surface area contributed by atoms with Crippen LogP contribution in [-0.2, 0) is 21.1 Å². The molecule has 3 heterocycles. The fourth-order valence-electron chi connectivity index (χ4n) is 4.45. The summed E-state index contributed by atoms with van der Waals surface area (Å²) in [5.74, 6) is 0.360. The number of hydrogen-bond donors (Lipinski definition) is 1. The van der Waals surface area contributed by atoms with Gasteiger partial charge in [0.2, 0.25) is 5.91 Å². The second-order valence-corrected chi connectivity index (χ2v) is 10.5. The van der Waals surface area contributed by atoms with E-state index in [1.165, 1.54) is 0 Å². The van der Waals surface area contributed by atoms with Crippen LogP contribution >= 0.6 is 0 Å². The van der Waals surface area contributed by atoms with Gasteiger partial charge in [-0.05, 0) is 38.0 Å². The third kappa shape index (κ3) is 3.83. The summed E-state index contributed by atoms with van der Waals surface area (Å²) in [5.41, 5.74) is 1.30. The van der Waals surface area contributed by atoms with Gasteiger partial charge in [0.25, 0.3) is 0 Å². The van der Waals surface area contributed by atoms with Gasteiger partial charge in [0.1, 0.15) is 11.3 Å². The summed E-state index contributed by atoms with van der Waals surface area (Å²) in [6.07, 6.45) is 0.615. The maximum Gasteiger partial charge on any atom is 0.340 e. The minimum Gasteiger partial charge on any atom is -0.508 e. The predicted octanol–water partition coefficient (Wildman–Crippen LogP) is 0.989. The minimum atomic E-state index is -2.93. The smallest absolute Gasteiger partial charge is 0.340 e. The second kappa shape index (κ2) is 7.70. The van der Waals surface area contributed by atoms with Crippen LogP contribution < -0.4 is 5.63 Å². The third-order valence-electron chi connectivity index (χ3n) is 6.39. The molecule has 1 aromatic carbocycles. The first-order valence-electron chi connectivity index (χ1n) is 10.1. The van der Waals surface area contributed by atoms with Gasteiger partial charge in [0.05, 0.1) is 23.5 Å². The van der Waals surface area contributed by atoms with Crippen LogP contribution in [0.25, 0.3) is 11.0 Å². The fraction of sp³-hybridized carbons (Fsp3) is 0.524. The van der Waals surface area contributed by atoms with Crippen LogP contribution in [0.15, 0.2) is 21.3 Å². The number of aromatic hydroxyl groups is 1. The molecule has 4 rings (SSSR count). The molecule has 0 radical (unpaired) electrons. The number of amides is 1. The van der Waals surface area contributed by atoms with E-state index >= 15 is 0 Å². The molecule has 9 heteroatoms. The number of nitrogens with zero attached hydrogens (tertiary/aromatic N) is 2. The standard InChI is InChI=1S/C21H26N2O6S/c1-13-16-3-4-18(24)14(2)20(16)29-21(26)17(13)11-19(25)23-8-6-22(7-9-23)15-5-10-30(27,28)12-15/h3-4,15,24H,5-12H2,1-2H3/t15-/m0/s1. The lowest BCUT2D eigenvalue weighted by molar-refractivity contribution is -0.132. The van der Waals surface area contributed by atoms with Gasteiger partial charge in [-0.1, -0.05) is 0 Å². The van der Waals surface area contributed by atoms with E-state index in [9.17, 15) is 23.1 Å². The molecule has 1 atom stereocenters. The van der Waals surface area contributed by atoms with E-state index in [-0.39, 0.29) is 35.6 Å². The number of carbonyl (C=O) groups is 1. The number of piperazine rings is 1. The van der Waals surface area contributed by atoms with E-state index < -0.39 is 15.5 Å². The Kier molecular flexibility index (Phi) is 5.36. The maximum absolute atomic E-state index is 12.9. The highest BCUT2D eigenvalue weighted by atomic mass is 32.2. The molecule has 162 valence electrons. The molecule has 1 amide bonds. The lowest BCUT2D eigenvalue weighted by Crippen LogP contribution is -2.52. The number of carbonyl (C=O) groups excluding carboxylic acids is 1. The Bertz CT molecular complexity index is 1160. The fourth-order valence-corrected chi connectivity index (χ4v) is 6.21. The first-order chi connectivity index (χ1) is 14.2. The Balaban J connectivity index is 1.47. The minimum absolute atomic E-state index is 0.0398. The van der Waals surface area contributed by atoms with Gasteiger partial charge in [-0.3, -0.25) is 9.69 Å². The molecule has 2 fully saturated rings. The molecular weight excluding hydrogens is 408 g/mol. The summed E-state index contributed by atoms with van der Waals surface area (Å²) in [7, 11) is -2.93. The van der Waals surface area contributed by atoms with Crippen molar-refractivity contribution in [1.82, 2.24) is 9.80 Å². The third-order valence-corrected chi connectivity index (χ3v) is 8.15. The topological polar surface area (TPSA) is 108 Å². The molecule has 0 unspecified atom stereocenters. The van der Waals surface area contributed by atoms with E-state index in [4.69, 9.17) is 4.42 Å². The normalized spacial score (nSPS) is 21.9. The lowest BCUT2D eigenvalue weighted by Gasteiger charge is -2.37. The molecule has 0 spiro atoms. The van der Waals surface area contributed by atoms with E-state index in [0.29, 0.717) is 60.3 Å². The summed E-state index contributed by atoms with van der Waals surface area (Å²) >= 11 is 0. The Hall–Kier alpha value is -2.39. The molecule has 2 saturated heterocycles. The summed E-state index contributed by atoms with van der Waals surface area (Å²) in [6.45, 7) is 5.77. The highest BCUT2D eigenvalue weighted by Crippen LogP contribution is 2.28. The average Bonchev–Trinajstić information content (AvgIpc) is 3.08. The predicted molar refractivity (Wildman–Crippen MR) is 113 cm³/mol. The van der Waals surface area contributed by atoms with Crippen molar-refractivity contribution in [1.29, 1.82) is 0 Å². The zero-order chi connectivity index (χ0) is 21.6. The lowest BCUT2D eigenvalue weighted by atomic mass is 10.0. The van der Waals surface area contributed by atoms with Crippen LogP contribution in [0, 0.1) is 13.8 Å². The van der Waals surface area contributed by atoms with Crippen LogP contribution in [-0.4, -0.2) is 73.0 Å². The van der Waals surface area contributed by atoms with E-state index in [0.717, 1.165) is 0 Å². The maximum atomic E-state index is 12.9. The highest BCUT2D eigenvalue weighted by molar-refractivity contribution is 7.91. The van der Waals surface area contributed by atoms with Crippen molar-refractivity contribution in [2.75, 3.05) is 37.7 Å². The van der Waals surface area contributed by atoms with Crippen LogP contribution in [0.2, 0.25) is 0 Å². The van der Waals surface area contributed by atoms with Gasteiger partial charge in [-0.2, -0.15) is 0 Å². The Morgan fingerprint density at radius 3 is 2.50 bits per heavy atom. The van der Waals surface area contributed by atoms with Gasteiger partial charge in [0, 0.05) is 43.2 Å². The van der Waals surface area contributed by atoms with E-state index in [2.05, 4.69) is 4.90 Å². The van der Waals surface area contributed by atoms with Gasteiger partial charge >= 0.3 is 5.63 Å².